The zero-order chi connectivity index (χ0) is 62.7. The molecule has 7 amide bonds. The Kier molecular flexibility index (Phi) is 24.6. The van der Waals surface area contributed by atoms with Gasteiger partial charge in [-0.1, -0.05) is 93.2 Å². The molecule has 0 bridgehead atoms. The van der Waals surface area contributed by atoms with Crippen molar-refractivity contribution in [3.05, 3.63) is 111 Å². The minimum Gasteiger partial charge on any atom is -0.491 e. The van der Waals surface area contributed by atoms with Gasteiger partial charge in [0.2, 0.25) is 23.6 Å². The van der Waals surface area contributed by atoms with Crippen LogP contribution in [0.1, 0.15) is 180 Å². The number of unbranched alkanes of at least 4 members (excludes halogenated alkanes) is 10. The van der Waals surface area contributed by atoms with E-state index in [1.807, 2.05) is 52.0 Å². The Morgan fingerprint density at radius 3 is 2.12 bits per heavy atom. The Hall–Kier alpha value is -7.14. The molecule has 0 spiro atoms. The Morgan fingerprint density at radius 2 is 1.44 bits per heavy atom. The summed E-state index contributed by atoms with van der Waals surface area (Å²) in [5, 5.41) is 20.9. The molecule has 21 nitrogen and oxygen atoms in total. The highest BCUT2D eigenvalue weighted by molar-refractivity contribution is 8.03. The van der Waals surface area contributed by atoms with Crippen LogP contribution in [0.25, 0.3) is 0 Å². The van der Waals surface area contributed by atoms with Crippen LogP contribution in [0.15, 0.2) is 82.2 Å². The van der Waals surface area contributed by atoms with Crippen molar-refractivity contribution in [2.45, 2.75) is 161 Å². The lowest BCUT2D eigenvalue weighted by Crippen LogP contribution is -2.54. The smallest absolute Gasteiger partial charge is 0.407 e. The van der Waals surface area contributed by atoms with Crippen LogP contribution in [0, 0.1) is 12.8 Å². The fraction of sp³-hybridized carbons (Fsp3) is 0.538. The Morgan fingerprint density at radius 1 is 0.773 bits per heavy atom. The molecule has 3 aromatic carbocycles. The summed E-state index contributed by atoms with van der Waals surface area (Å²) < 4.78 is 25.4. The van der Waals surface area contributed by atoms with Gasteiger partial charge >= 0.3 is 6.09 Å². The van der Waals surface area contributed by atoms with E-state index in [9.17, 15) is 33.6 Å². The van der Waals surface area contributed by atoms with Crippen LogP contribution in [0.3, 0.4) is 0 Å². The monoisotopic (exact) mass is 1250 g/mol. The standard InChI is InChI=1S/C65H85ClN10O11S/c1-42-43(2)88-63-56(42)58(45-22-24-46(66)25-23-45)70-51(59-73-72-44(3)75(59)63)41-54(78)69-47-26-28-48(29-27-47)86-40-39-85-38-35-74(55(79)21-16-14-12-10-8-7-9-11-13-15-17-32-68-64(83)87-65(4,5)6)34-37-84-36-33-67-50-20-18-19-49-57(50)62(82)76(61(49)81)52-30-31-53(77)71-60(52)80/h18-20,22-29,51-52,56,63,67H,7-17,21,30-41H2,1-6H3,(H,68,83)(H,69,78)(H,71,77,80)/t51-,52?,56?,63?/m0/s1. The van der Waals surface area contributed by atoms with Crippen molar-refractivity contribution in [1.29, 1.82) is 0 Å². The first kappa shape index (κ1) is 66.8. The van der Waals surface area contributed by atoms with E-state index in [0.29, 0.717) is 60.6 Å². The minimum atomic E-state index is -1.07. The predicted molar refractivity (Wildman–Crippen MR) is 339 cm³/mol. The summed E-state index contributed by atoms with van der Waals surface area (Å²) in [6, 6.07) is 18.1. The third-order valence-electron chi connectivity index (χ3n) is 15.9. The van der Waals surface area contributed by atoms with Crippen molar-refractivity contribution < 1.29 is 52.5 Å². The number of thioether (sulfide) groups is 1. The third-order valence-corrected chi connectivity index (χ3v) is 17.6. The normalized spacial score (nSPS) is 18.1. The number of imide groups is 2. The number of aliphatic imine (C=N–C) groups is 1. The number of ether oxygens (including phenoxy) is 4. The summed E-state index contributed by atoms with van der Waals surface area (Å²) in [7, 11) is 0. The third kappa shape index (κ3) is 18.5. The number of allylic oxidation sites excluding steroid dienone is 2. The molecule has 4 aliphatic rings. The van der Waals surface area contributed by atoms with Gasteiger partial charge in [0.15, 0.2) is 5.82 Å². The highest BCUT2D eigenvalue weighted by atomic mass is 35.5. The second-order valence-electron chi connectivity index (χ2n) is 23.6. The molecular formula is C65H85ClN10O11S. The molecule has 1 saturated heterocycles. The number of aromatic nitrogens is 3. The summed E-state index contributed by atoms with van der Waals surface area (Å²) in [4.78, 5) is 99.7. The number of nitrogens with one attached hydrogen (secondary N) is 4. The predicted octanol–water partition coefficient (Wildman–Crippen LogP) is 10.9. The molecule has 3 unspecified atom stereocenters. The number of benzene rings is 3. The Labute approximate surface area is 525 Å². The Balaban J connectivity index is 0.761. The van der Waals surface area contributed by atoms with Crippen LogP contribution in [0.5, 0.6) is 5.75 Å². The van der Waals surface area contributed by atoms with Crippen LogP contribution >= 0.6 is 23.4 Å². The van der Waals surface area contributed by atoms with Gasteiger partial charge in [0.25, 0.3) is 11.8 Å². The van der Waals surface area contributed by atoms with Gasteiger partial charge in [0, 0.05) is 55.4 Å². The summed E-state index contributed by atoms with van der Waals surface area (Å²) in [5.74, 6) is -0.512. The van der Waals surface area contributed by atoms with Crippen molar-refractivity contribution in [3.8, 4) is 5.75 Å². The zero-order valence-corrected chi connectivity index (χ0v) is 53.2. The molecule has 4 aromatic rings. The first-order chi connectivity index (χ1) is 42.4. The van der Waals surface area contributed by atoms with E-state index in [-0.39, 0.29) is 92.6 Å². The quantitative estimate of drug-likeness (QED) is 0.0256. The van der Waals surface area contributed by atoms with Gasteiger partial charge < -0.3 is 39.8 Å². The van der Waals surface area contributed by atoms with Gasteiger partial charge in [-0.05, 0) is 120 Å². The first-order valence-corrected chi connectivity index (χ1v) is 32.2. The molecule has 0 radical (unpaired) electrons. The number of rotatable bonds is 33. The van der Waals surface area contributed by atoms with E-state index in [1.54, 1.807) is 59.1 Å². The number of piperidine rings is 1. The molecule has 474 valence electrons. The average molecular weight is 1250 g/mol. The van der Waals surface area contributed by atoms with E-state index in [2.05, 4.69) is 49.9 Å². The van der Waals surface area contributed by atoms with Crippen molar-refractivity contribution >= 4 is 82.0 Å². The molecule has 1 fully saturated rings. The van der Waals surface area contributed by atoms with Gasteiger partial charge in [-0.2, -0.15) is 0 Å². The SMILES string of the molecule is CC1=C(C)C2C(c3ccc(Cl)cc3)=N[C@@H](CC(=O)Nc3ccc(OCCOCCN(CCOCCNc4cccc5c4C(=O)N(C4CCC(=O)NC4=O)C5=O)C(=O)CCCCCCCCCCCCCNC(=O)OC(C)(C)C)cc3)c3nnc(C)n3C2S1. The fourth-order valence-corrected chi connectivity index (χ4v) is 12.9. The zero-order valence-electron chi connectivity index (χ0n) is 51.6. The fourth-order valence-electron chi connectivity index (χ4n) is 11.3. The number of nitrogens with zero attached hydrogens (tertiary/aromatic N) is 6. The molecule has 8 rings (SSSR count). The lowest BCUT2D eigenvalue weighted by molar-refractivity contribution is -0.136. The number of alkyl carbamates (subject to hydrolysis) is 1. The maximum absolute atomic E-state index is 13.8. The highest BCUT2D eigenvalue weighted by Gasteiger charge is 2.46. The van der Waals surface area contributed by atoms with Crippen molar-refractivity contribution in [2.24, 2.45) is 10.9 Å². The van der Waals surface area contributed by atoms with Gasteiger partial charge in [-0.3, -0.25) is 48.5 Å². The number of fused-ring (bicyclic) bond motifs is 4. The molecule has 5 heterocycles. The van der Waals surface area contributed by atoms with Gasteiger partial charge in [-0.25, -0.2) is 4.79 Å². The molecule has 0 saturated carbocycles. The van der Waals surface area contributed by atoms with E-state index >= 15 is 0 Å². The molecule has 23 heteroatoms. The number of carbonyl (C=O) groups excluding carboxylic acids is 7. The molecule has 0 aliphatic carbocycles. The van der Waals surface area contributed by atoms with Crippen LogP contribution in [0.2, 0.25) is 5.02 Å². The number of halogens is 1. The van der Waals surface area contributed by atoms with E-state index in [4.69, 9.17) is 35.5 Å². The van der Waals surface area contributed by atoms with E-state index in [1.165, 1.54) is 29.7 Å². The number of aryl methyl sites for hydroxylation is 1. The summed E-state index contributed by atoms with van der Waals surface area (Å²) in [5.41, 5.74) is 3.95. The van der Waals surface area contributed by atoms with Crippen LogP contribution in [-0.4, -0.2) is 143 Å². The molecule has 4 atom stereocenters. The van der Waals surface area contributed by atoms with Crippen molar-refractivity contribution in [1.82, 2.24) is 35.2 Å². The van der Waals surface area contributed by atoms with Crippen LogP contribution < -0.4 is 26.0 Å². The van der Waals surface area contributed by atoms with Crippen molar-refractivity contribution in [2.75, 3.05) is 69.8 Å². The summed E-state index contributed by atoms with van der Waals surface area (Å²) in [6.45, 7) is 14.7. The molecular weight excluding hydrogens is 1160 g/mol. The highest BCUT2D eigenvalue weighted by Crippen LogP contribution is 2.53. The molecule has 1 aromatic heterocycles. The number of hydrogen-bond acceptors (Lipinski definition) is 16. The maximum Gasteiger partial charge on any atom is 0.407 e. The molecule has 88 heavy (non-hydrogen) atoms. The van der Waals surface area contributed by atoms with Crippen LogP contribution in [0.4, 0.5) is 16.2 Å². The average Bonchev–Trinajstić information content (AvgIpc) is 1.75. The van der Waals surface area contributed by atoms with Gasteiger partial charge in [-0.15, -0.1) is 22.0 Å². The number of hydrogen-bond donors (Lipinski definition) is 4. The summed E-state index contributed by atoms with van der Waals surface area (Å²) in [6.07, 6.45) is 12.0. The number of amides is 7. The number of carbonyl (C=O) groups is 7. The van der Waals surface area contributed by atoms with Crippen molar-refractivity contribution in [3.63, 3.8) is 0 Å². The minimum absolute atomic E-state index is 0.0191. The molecule has 4 aliphatic heterocycles. The van der Waals surface area contributed by atoms with Gasteiger partial charge in [0.1, 0.15) is 35.9 Å². The second-order valence-corrected chi connectivity index (χ2v) is 25.4. The lowest BCUT2D eigenvalue weighted by Gasteiger charge is -2.27. The summed E-state index contributed by atoms with van der Waals surface area (Å²) >= 11 is 8.07. The van der Waals surface area contributed by atoms with E-state index in [0.717, 1.165) is 73.4 Å². The second kappa shape index (κ2) is 32.4. The maximum atomic E-state index is 13.8. The van der Waals surface area contributed by atoms with Crippen LogP contribution in [-0.2, 0) is 33.4 Å². The van der Waals surface area contributed by atoms with E-state index < -0.39 is 41.3 Å². The van der Waals surface area contributed by atoms with Gasteiger partial charge in [0.05, 0.1) is 61.0 Å². The molecule has 4 N–H and O–H groups in total. The topological polar surface area (TPSA) is 254 Å². The lowest BCUT2D eigenvalue weighted by atomic mass is 9.90. The first-order valence-electron chi connectivity index (χ1n) is 31.0. The largest absolute Gasteiger partial charge is 0.491 e. The Bertz CT molecular complexity index is 3160. The number of anilines is 2.